The Hall–Kier alpha value is -3.69. The molecule has 0 saturated heterocycles. The molecule has 1 saturated carbocycles. The van der Waals surface area contributed by atoms with E-state index >= 15 is 0 Å². The lowest BCUT2D eigenvalue weighted by Crippen LogP contribution is -2.64. The van der Waals surface area contributed by atoms with Crippen molar-refractivity contribution in [1.29, 1.82) is 0 Å². The van der Waals surface area contributed by atoms with E-state index in [1.807, 2.05) is 0 Å². The number of nitrogens with zero attached hydrogens (tertiary/aromatic N) is 5. The van der Waals surface area contributed by atoms with E-state index in [-0.39, 0.29) is 18.4 Å². The molecule has 1 N–H and O–H groups in total. The highest BCUT2D eigenvalue weighted by Gasteiger charge is 2.57. The lowest BCUT2D eigenvalue weighted by atomic mass is 9.67. The normalized spacial score (nSPS) is 21.8. The molecule has 4 heterocycles. The zero-order valence-electron chi connectivity index (χ0n) is 16.5. The Morgan fingerprint density at radius 1 is 1.19 bits per heavy atom. The van der Waals surface area contributed by atoms with E-state index in [1.165, 1.54) is 17.2 Å². The van der Waals surface area contributed by atoms with E-state index < -0.39 is 28.8 Å². The molecular weight excluding hydrogens is 406 g/mol. The number of rotatable bonds is 4. The number of likely N-dealkylation sites (N-methyl/N-ethyl adjacent to an activating group) is 1. The Morgan fingerprint density at radius 2 is 1.94 bits per heavy atom. The highest BCUT2D eigenvalue weighted by molar-refractivity contribution is 6.06. The molecule has 2 aromatic heterocycles. The van der Waals surface area contributed by atoms with Gasteiger partial charge in [0, 0.05) is 30.9 Å². The quantitative estimate of drug-likeness (QED) is 0.692. The number of aromatic nitrogens is 4. The fraction of sp³-hybridized carbons (Fsp3) is 0.286. The van der Waals surface area contributed by atoms with Gasteiger partial charge in [-0.15, -0.1) is 0 Å². The maximum atomic E-state index is 14.5. The van der Waals surface area contributed by atoms with Crippen LogP contribution in [0.4, 0.5) is 14.6 Å². The number of halogens is 2. The van der Waals surface area contributed by atoms with Crippen LogP contribution in [0.25, 0.3) is 0 Å². The fourth-order valence-electron chi connectivity index (χ4n) is 4.32. The summed E-state index contributed by atoms with van der Waals surface area (Å²) in [4.78, 5) is 35.9. The van der Waals surface area contributed by atoms with Gasteiger partial charge in [0.2, 0.25) is 0 Å². The third kappa shape index (κ3) is 3.06. The van der Waals surface area contributed by atoms with Gasteiger partial charge in [-0.25, -0.2) is 13.8 Å². The maximum absolute atomic E-state index is 14.5. The minimum absolute atomic E-state index is 0.0265. The van der Waals surface area contributed by atoms with Crippen molar-refractivity contribution in [3.63, 3.8) is 0 Å². The predicted octanol–water partition coefficient (Wildman–Crippen LogP) is 2.02. The second kappa shape index (κ2) is 6.93. The maximum Gasteiger partial charge on any atom is 0.275 e. The van der Waals surface area contributed by atoms with Gasteiger partial charge in [-0.1, -0.05) is 18.2 Å². The Kier molecular flexibility index (Phi) is 4.31. The first-order chi connectivity index (χ1) is 14.9. The average Bonchev–Trinajstić information content (AvgIpc) is 3.04. The second-order valence-corrected chi connectivity index (χ2v) is 7.89. The molecule has 2 amide bonds. The van der Waals surface area contributed by atoms with Gasteiger partial charge < -0.3 is 5.32 Å². The summed E-state index contributed by atoms with van der Waals surface area (Å²) in [7, 11) is 1.58. The molecule has 10 heteroatoms. The van der Waals surface area contributed by atoms with Crippen molar-refractivity contribution in [2.45, 2.75) is 30.8 Å². The highest BCUT2D eigenvalue weighted by atomic mass is 19.1. The lowest BCUT2D eigenvalue weighted by molar-refractivity contribution is -0.127. The number of hydrogen-bond acceptors (Lipinski definition) is 5. The molecule has 6 rings (SSSR count). The van der Waals surface area contributed by atoms with E-state index in [1.54, 1.807) is 31.4 Å². The van der Waals surface area contributed by atoms with Gasteiger partial charge in [-0.3, -0.25) is 24.2 Å². The standard InChI is InChI=1S/C21H18F2N6O2/c1-28-18-16(24-6-7-25-18)13-8-21(9-13,20(28)31)26-19(30)17-15(23)11-29(27-17)10-12-4-2-3-5-14(12)22/h2-7,11,13H,8-10H2,1H3,(H,26,30)/t13-,21+. The van der Waals surface area contributed by atoms with Crippen LogP contribution in [0, 0.1) is 11.6 Å². The van der Waals surface area contributed by atoms with Crippen LogP contribution in [0.3, 0.4) is 0 Å². The van der Waals surface area contributed by atoms with Crippen molar-refractivity contribution in [3.8, 4) is 0 Å². The van der Waals surface area contributed by atoms with Gasteiger partial charge in [0.25, 0.3) is 11.8 Å². The third-order valence-corrected chi connectivity index (χ3v) is 5.89. The number of amides is 2. The number of fused-ring (bicyclic) bond motifs is 1. The number of anilines is 1. The molecular formula is C21H18F2N6O2. The summed E-state index contributed by atoms with van der Waals surface area (Å²) >= 11 is 0. The zero-order chi connectivity index (χ0) is 21.8. The predicted molar refractivity (Wildman–Crippen MR) is 105 cm³/mol. The van der Waals surface area contributed by atoms with Crippen molar-refractivity contribution in [3.05, 3.63) is 71.4 Å². The van der Waals surface area contributed by atoms with Crippen LogP contribution in [0.15, 0.2) is 42.9 Å². The number of carbonyl (C=O) groups excluding carboxylic acids is 2. The lowest BCUT2D eigenvalue weighted by Gasteiger charge is -2.44. The minimum atomic E-state index is -1.17. The van der Waals surface area contributed by atoms with Gasteiger partial charge in [-0.05, 0) is 18.9 Å². The number of nitrogens with one attached hydrogen (secondary N) is 1. The van der Waals surface area contributed by atoms with Crippen LogP contribution in [-0.2, 0) is 11.3 Å². The first-order valence-electron chi connectivity index (χ1n) is 9.76. The van der Waals surface area contributed by atoms with E-state index in [0.29, 0.717) is 29.9 Å². The van der Waals surface area contributed by atoms with E-state index in [9.17, 15) is 18.4 Å². The monoisotopic (exact) mass is 424 g/mol. The first kappa shape index (κ1) is 19.3. The van der Waals surface area contributed by atoms with Crippen LogP contribution in [0.5, 0.6) is 0 Å². The van der Waals surface area contributed by atoms with E-state index in [0.717, 1.165) is 10.9 Å². The van der Waals surface area contributed by atoms with Gasteiger partial charge >= 0.3 is 0 Å². The Balaban J connectivity index is 1.37. The summed E-state index contributed by atoms with van der Waals surface area (Å²) in [5.41, 5.74) is -0.583. The highest BCUT2D eigenvalue weighted by Crippen LogP contribution is 2.50. The Bertz CT molecular complexity index is 1200. The zero-order valence-corrected chi connectivity index (χ0v) is 16.5. The van der Waals surface area contributed by atoms with Gasteiger partial charge in [0.15, 0.2) is 17.3 Å². The molecule has 158 valence electrons. The number of hydrogen-bond donors (Lipinski definition) is 1. The van der Waals surface area contributed by atoms with Crippen LogP contribution < -0.4 is 10.2 Å². The van der Waals surface area contributed by atoms with Crippen molar-refractivity contribution < 1.29 is 18.4 Å². The Labute approximate surface area is 175 Å². The van der Waals surface area contributed by atoms with Crippen LogP contribution in [0.2, 0.25) is 0 Å². The number of benzene rings is 1. The molecule has 8 nitrogen and oxygen atoms in total. The summed E-state index contributed by atoms with van der Waals surface area (Å²) in [5.74, 6) is -1.98. The molecule has 1 fully saturated rings. The van der Waals surface area contributed by atoms with Crippen LogP contribution >= 0.6 is 0 Å². The molecule has 3 aliphatic rings. The second-order valence-electron chi connectivity index (χ2n) is 7.89. The van der Waals surface area contributed by atoms with Crippen molar-refractivity contribution >= 4 is 17.6 Å². The summed E-state index contributed by atoms with van der Waals surface area (Å²) in [6.07, 6.45) is 4.82. The van der Waals surface area contributed by atoms with Crippen molar-refractivity contribution in [2.24, 2.45) is 0 Å². The largest absolute Gasteiger partial charge is 0.336 e. The van der Waals surface area contributed by atoms with Crippen molar-refractivity contribution in [1.82, 2.24) is 25.1 Å². The van der Waals surface area contributed by atoms with Gasteiger partial charge in [0.05, 0.1) is 18.4 Å². The third-order valence-electron chi connectivity index (χ3n) is 5.89. The van der Waals surface area contributed by atoms with Crippen LogP contribution in [0.1, 0.15) is 40.5 Å². The molecule has 31 heavy (non-hydrogen) atoms. The molecule has 1 aromatic carbocycles. The molecule has 0 radical (unpaired) electrons. The summed E-state index contributed by atoms with van der Waals surface area (Å²) in [5, 5.41) is 6.67. The SMILES string of the molecule is CN1c2nccnc2[C@H]2C[C@@](NC(=O)c3nn(Cc4ccccc4F)cc3F)(C2)C1=O. The topological polar surface area (TPSA) is 93.0 Å². The molecule has 1 aliphatic carbocycles. The molecule has 3 aromatic rings. The molecule has 0 atom stereocenters. The summed E-state index contributed by atoms with van der Waals surface area (Å²) in [6.45, 7) is -0.0294. The Morgan fingerprint density at radius 3 is 2.71 bits per heavy atom. The van der Waals surface area contributed by atoms with Crippen LogP contribution in [-0.4, -0.2) is 44.1 Å². The molecule has 0 spiro atoms. The van der Waals surface area contributed by atoms with E-state index in [4.69, 9.17) is 0 Å². The average molecular weight is 424 g/mol. The minimum Gasteiger partial charge on any atom is -0.336 e. The van der Waals surface area contributed by atoms with Crippen molar-refractivity contribution in [2.75, 3.05) is 11.9 Å². The first-order valence-corrected chi connectivity index (χ1v) is 9.76. The number of carbonyl (C=O) groups is 2. The van der Waals surface area contributed by atoms with Gasteiger partial charge in [-0.2, -0.15) is 5.10 Å². The summed E-state index contributed by atoms with van der Waals surface area (Å²) < 4.78 is 29.5. The van der Waals surface area contributed by atoms with E-state index in [2.05, 4.69) is 20.4 Å². The summed E-state index contributed by atoms with van der Waals surface area (Å²) in [6, 6.07) is 6.07. The molecule has 0 unspecified atom stereocenters. The molecule has 2 bridgehead atoms. The van der Waals surface area contributed by atoms with Gasteiger partial charge in [0.1, 0.15) is 11.4 Å². The fourth-order valence-corrected chi connectivity index (χ4v) is 4.32. The smallest absolute Gasteiger partial charge is 0.275 e. The molecule has 2 aliphatic heterocycles.